The van der Waals surface area contributed by atoms with Crippen LogP contribution in [-0.4, -0.2) is 24.1 Å². The minimum absolute atomic E-state index is 0.601. The van der Waals surface area contributed by atoms with E-state index in [2.05, 4.69) is 155 Å². The van der Waals surface area contributed by atoms with E-state index in [0.717, 1.165) is 88.5 Å². The summed E-state index contributed by atoms with van der Waals surface area (Å²) in [6.45, 7) is 0. The first-order valence-corrected chi connectivity index (χ1v) is 21.2. The monoisotopic (exact) mass is 805 g/mol. The van der Waals surface area contributed by atoms with Gasteiger partial charge in [-0.1, -0.05) is 158 Å². The summed E-state index contributed by atoms with van der Waals surface area (Å²) in [5, 5.41) is 6.79. The summed E-state index contributed by atoms with van der Waals surface area (Å²) >= 11 is 0. The molecule has 0 spiro atoms. The van der Waals surface area contributed by atoms with Gasteiger partial charge in [-0.15, -0.1) is 0 Å². The zero-order valence-electron chi connectivity index (χ0n) is 33.9. The van der Waals surface area contributed by atoms with Gasteiger partial charge in [-0.25, -0.2) is 15.0 Å². The highest BCUT2D eigenvalue weighted by molar-refractivity contribution is 6.27. The lowest BCUT2D eigenvalue weighted by molar-refractivity contribution is 0.673. The largest absolute Gasteiger partial charge is 0.455 e. The Bertz CT molecular complexity index is 3850. The molecule has 0 bridgehead atoms. The van der Waals surface area contributed by atoms with E-state index in [0.29, 0.717) is 17.5 Å². The van der Waals surface area contributed by atoms with Gasteiger partial charge >= 0.3 is 0 Å². The highest BCUT2D eigenvalue weighted by Gasteiger charge is 2.24. The first-order valence-electron chi connectivity index (χ1n) is 21.2. The molecular formula is C57H35N5O. The number of rotatable bonds is 6. The molecule has 63 heavy (non-hydrogen) atoms. The molecule has 0 radical (unpaired) electrons. The van der Waals surface area contributed by atoms with Gasteiger partial charge in [0.2, 0.25) is 0 Å². The van der Waals surface area contributed by atoms with Gasteiger partial charge in [-0.05, 0) is 60.2 Å². The predicted octanol–water partition coefficient (Wildman–Crippen LogP) is 14.6. The van der Waals surface area contributed by atoms with Crippen molar-refractivity contribution >= 4 is 65.6 Å². The first-order chi connectivity index (χ1) is 31.2. The van der Waals surface area contributed by atoms with Crippen LogP contribution in [0.25, 0.3) is 122 Å². The molecule has 0 aliphatic heterocycles. The van der Waals surface area contributed by atoms with Crippen molar-refractivity contribution in [3.63, 3.8) is 0 Å². The summed E-state index contributed by atoms with van der Waals surface area (Å²) in [7, 11) is 0. The lowest BCUT2D eigenvalue weighted by atomic mass is 9.97. The molecule has 0 saturated carbocycles. The summed E-state index contributed by atoms with van der Waals surface area (Å²) in [6, 6.07) is 74.4. The smallest absolute Gasteiger partial charge is 0.164 e. The average Bonchev–Trinajstić information content (AvgIpc) is 4.02. The number of fused-ring (bicyclic) bond motifs is 10. The van der Waals surface area contributed by atoms with Crippen LogP contribution in [0.4, 0.5) is 0 Å². The molecule has 0 unspecified atom stereocenters. The summed E-state index contributed by atoms with van der Waals surface area (Å²) in [5.74, 6) is 1.85. The van der Waals surface area contributed by atoms with Crippen LogP contribution in [0, 0.1) is 0 Å². The number of aromatic nitrogens is 5. The summed E-state index contributed by atoms with van der Waals surface area (Å²) in [6.07, 6.45) is 0. The molecule has 0 saturated heterocycles. The molecule has 13 rings (SSSR count). The van der Waals surface area contributed by atoms with Crippen LogP contribution in [0.3, 0.4) is 0 Å². The first kappa shape index (κ1) is 35.2. The average molecular weight is 806 g/mol. The standard InChI is InChI=1S/C57H35N5O/c1-4-17-36(18-5-1)55-58-56(37-19-6-2-7-20-37)60-57(59-55)39-21-16-24-41(33-39)62-49-29-14-11-27-45(49)52-53(62)46(35-47-44-26-12-15-30-51(44)63-54(47)52)38-31-32-43-42-25-10-13-28-48(42)61(50(43)34-38)40-22-8-3-9-23-40/h1-35H. The van der Waals surface area contributed by atoms with Crippen molar-refractivity contribution in [3.05, 3.63) is 212 Å². The van der Waals surface area contributed by atoms with Gasteiger partial charge in [0.05, 0.1) is 27.5 Å². The second-order valence-electron chi connectivity index (χ2n) is 16.0. The minimum Gasteiger partial charge on any atom is -0.455 e. The molecule has 0 fully saturated rings. The van der Waals surface area contributed by atoms with Gasteiger partial charge < -0.3 is 13.6 Å². The molecule has 294 valence electrons. The van der Waals surface area contributed by atoms with Gasteiger partial charge in [0, 0.05) is 60.6 Å². The van der Waals surface area contributed by atoms with E-state index in [4.69, 9.17) is 19.4 Å². The molecular weight excluding hydrogens is 771 g/mol. The highest BCUT2D eigenvalue weighted by Crippen LogP contribution is 2.46. The van der Waals surface area contributed by atoms with Gasteiger partial charge in [-0.2, -0.15) is 0 Å². The Labute approximate surface area is 361 Å². The molecule has 0 N–H and O–H groups in total. The van der Waals surface area contributed by atoms with Crippen molar-refractivity contribution in [2.24, 2.45) is 0 Å². The number of furan rings is 1. The fourth-order valence-corrected chi connectivity index (χ4v) is 9.54. The molecule has 13 aromatic rings. The summed E-state index contributed by atoms with van der Waals surface area (Å²) in [4.78, 5) is 15.2. The van der Waals surface area contributed by atoms with Crippen LogP contribution < -0.4 is 0 Å². The Balaban J connectivity index is 1.11. The van der Waals surface area contributed by atoms with Crippen LogP contribution >= 0.6 is 0 Å². The van der Waals surface area contributed by atoms with E-state index < -0.39 is 0 Å². The van der Waals surface area contributed by atoms with Crippen molar-refractivity contribution < 1.29 is 4.42 Å². The fraction of sp³-hybridized carbons (Fsp3) is 0. The maximum atomic E-state index is 6.86. The number of nitrogens with zero attached hydrogens (tertiary/aromatic N) is 5. The van der Waals surface area contributed by atoms with Crippen LogP contribution in [0.2, 0.25) is 0 Å². The van der Waals surface area contributed by atoms with E-state index >= 15 is 0 Å². The fourth-order valence-electron chi connectivity index (χ4n) is 9.54. The third-order valence-corrected chi connectivity index (χ3v) is 12.3. The second-order valence-corrected chi connectivity index (χ2v) is 16.0. The zero-order valence-corrected chi connectivity index (χ0v) is 33.9. The highest BCUT2D eigenvalue weighted by atomic mass is 16.3. The third kappa shape index (κ3) is 5.55. The molecule has 6 heteroatoms. The Kier molecular flexibility index (Phi) is 7.80. The van der Waals surface area contributed by atoms with E-state index in [9.17, 15) is 0 Å². The van der Waals surface area contributed by atoms with Crippen LogP contribution in [-0.2, 0) is 0 Å². The molecule has 0 atom stereocenters. The summed E-state index contributed by atoms with van der Waals surface area (Å²) in [5.41, 5.74) is 13.3. The van der Waals surface area contributed by atoms with Crippen LogP contribution in [0.5, 0.6) is 0 Å². The van der Waals surface area contributed by atoms with Crippen molar-refractivity contribution in [1.82, 2.24) is 24.1 Å². The lowest BCUT2D eigenvalue weighted by Crippen LogP contribution is -2.01. The lowest BCUT2D eigenvalue weighted by Gasteiger charge is -2.14. The van der Waals surface area contributed by atoms with Crippen LogP contribution in [0.15, 0.2) is 217 Å². The van der Waals surface area contributed by atoms with Crippen LogP contribution in [0.1, 0.15) is 0 Å². The Hall–Kier alpha value is -8.61. The van der Waals surface area contributed by atoms with Gasteiger partial charge in [0.15, 0.2) is 17.5 Å². The molecule has 6 nitrogen and oxygen atoms in total. The third-order valence-electron chi connectivity index (χ3n) is 12.3. The summed E-state index contributed by atoms with van der Waals surface area (Å²) < 4.78 is 11.6. The van der Waals surface area contributed by atoms with Crippen molar-refractivity contribution in [3.8, 4) is 56.7 Å². The van der Waals surface area contributed by atoms with Crippen molar-refractivity contribution in [2.45, 2.75) is 0 Å². The maximum absolute atomic E-state index is 6.86. The van der Waals surface area contributed by atoms with Crippen molar-refractivity contribution in [2.75, 3.05) is 0 Å². The molecule has 4 heterocycles. The number of benzene rings is 9. The topological polar surface area (TPSA) is 61.7 Å². The van der Waals surface area contributed by atoms with Gasteiger partial charge in [-0.3, -0.25) is 0 Å². The Morgan fingerprint density at radius 1 is 0.333 bits per heavy atom. The van der Waals surface area contributed by atoms with Gasteiger partial charge in [0.1, 0.15) is 11.2 Å². The Morgan fingerprint density at radius 3 is 1.59 bits per heavy atom. The number of hydrogen-bond acceptors (Lipinski definition) is 4. The molecule has 0 aliphatic rings. The quantitative estimate of drug-likeness (QED) is 0.168. The van der Waals surface area contributed by atoms with Gasteiger partial charge in [0.25, 0.3) is 0 Å². The second kappa shape index (κ2) is 14.0. The number of para-hydroxylation sites is 4. The van der Waals surface area contributed by atoms with Crippen molar-refractivity contribution in [1.29, 1.82) is 0 Å². The van der Waals surface area contributed by atoms with E-state index in [-0.39, 0.29) is 0 Å². The normalized spacial score (nSPS) is 11.8. The molecule has 0 amide bonds. The molecule has 0 aliphatic carbocycles. The SMILES string of the molecule is c1ccc(-c2nc(-c3ccccc3)nc(-c3cccc(-n4c5ccccc5c5c6oc7ccccc7c6cc(-c6ccc7c8ccccc8n(-c8ccccc8)c7c6)c54)c3)n2)cc1. The molecule has 9 aromatic carbocycles. The minimum atomic E-state index is 0.601. The van der Waals surface area contributed by atoms with E-state index in [1.807, 2.05) is 66.7 Å². The van der Waals surface area contributed by atoms with E-state index in [1.165, 1.54) is 16.3 Å². The number of hydrogen-bond donors (Lipinski definition) is 0. The maximum Gasteiger partial charge on any atom is 0.164 e. The van der Waals surface area contributed by atoms with E-state index in [1.54, 1.807) is 0 Å². The predicted molar refractivity (Wildman–Crippen MR) is 258 cm³/mol. The Morgan fingerprint density at radius 2 is 0.873 bits per heavy atom. The molecule has 4 aromatic heterocycles. The zero-order chi connectivity index (χ0) is 41.4.